The van der Waals surface area contributed by atoms with Crippen molar-refractivity contribution in [3.8, 4) is 0 Å². The molecular formula is C3H4N4OY. The Morgan fingerprint density at radius 3 is 2.78 bits per heavy atom. The molecule has 0 atom stereocenters. The van der Waals surface area contributed by atoms with Crippen LogP contribution in [0.5, 0.6) is 0 Å². The van der Waals surface area contributed by atoms with Crippen LogP contribution in [0.15, 0.2) is 0 Å². The number of aromatic amines is 1. The van der Waals surface area contributed by atoms with Crippen molar-refractivity contribution >= 4 is 0 Å². The van der Waals surface area contributed by atoms with Crippen LogP contribution in [-0.2, 0) is 32.7 Å². The zero-order valence-electron chi connectivity index (χ0n) is 4.83. The second kappa shape index (κ2) is 3.79. The van der Waals surface area contributed by atoms with Crippen LogP contribution in [0.2, 0.25) is 0 Å². The summed E-state index contributed by atoms with van der Waals surface area (Å²) in [5.41, 5.74) is 0. The van der Waals surface area contributed by atoms with Crippen molar-refractivity contribution in [2.75, 3.05) is 0 Å². The number of nitrogens with one attached hydrogen (secondary N) is 1. The first-order chi connectivity index (χ1) is 3.79. The summed E-state index contributed by atoms with van der Waals surface area (Å²) in [5, 5.41) is 9.12. The predicted octanol–water partition coefficient (Wildman–Crippen LogP) is -1.17. The van der Waals surface area contributed by atoms with Gasteiger partial charge in [0.15, 0.2) is 5.82 Å². The van der Waals surface area contributed by atoms with Gasteiger partial charge in [0.1, 0.15) is 0 Å². The van der Waals surface area contributed by atoms with E-state index in [2.05, 4.69) is 15.3 Å². The zero-order chi connectivity index (χ0) is 5.98. The van der Waals surface area contributed by atoms with Gasteiger partial charge in [0.05, 0.1) is 6.33 Å². The van der Waals surface area contributed by atoms with Crippen LogP contribution in [-0.4, -0.2) is 15.3 Å². The quantitative estimate of drug-likeness (QED) is 0.424. The maximum atomic E-state index is 10.2. The Morgan fingerprint density at radius 2 is 2.44 bits per heavy atom. The molecule has 6 heteroatoms. The van der Waals surface area contributed by atoms with Crippen molar-refractivity contribution in [1.82, 2.24) is 15.3 Å². The number of nitrogens with zero attached hydrogens (tertiary/aromatic N) is 3. The molecule has 5 nitrogen and oxygen atoms in total. The van der Waals surface area contributed by atoms with Gasteiger partial charge < -0.3 is 0 Å². The van der Waals surface area contributed by atoms with Gasteiger partial charge in [0.2, 0.25) is 0 Å². The summed E-state index contributed by atoms with van der Waals surface area (Å²) in [6.45, 7) is 1.63. The van der Waals surface area contributed by atoms with Crippen molar-refractivity contribution in [3.63, 3.8) is 0 Å². The minimum atomic E-state index is 0. The zero-order valence-corrected chi connectivity index (χ0v) is 7.67. The second-order valence-corrected chi connectivity index (χ2v) is 1.28. The molecule has 0 unspecified atom stereocenters. The fraction of sp³-hybridized carbons (Fsp3) is 0.333. The molecule has 0 amide bonds. The molecule has 1 radical (unpaired) electrons. The summed E-state index contributed by atoms with van der Waals surface area (Å²) in [6.07, 6.45) is 2.02. The van der Waals surface area contributed by atoms with E-state index in [0.29, 0.717) is 5.82 Å². The molecule has 1 rings (SSSR count). The third-order valence-electron chi connectivity index (χ3n) is 0.594. The first-order valence-corrected chi connectivity index (χ1v) is 2.03. The molecular weight excluding hydrogens is 197 g/mol. The minimum Gasteiger partial charge on any atom is -0.205 e. The smallest absolute Gasteiger partial charge is 0.181 e. The molecule has 0 aliphatic heterocycles. The topological polar surface area (TPSA) is 64.5 Å². The molecule has 0 aliphatic rings. The van der Waals surface area contributed by atoms with Crippen LogP contribution in [0.1, 0.15) is 5.82 Å². The second-order valence-electron chi connectivity index (χ2n) is 1.28. The van der Waals surface area contributed by atoms with E-state index < -0.39 is 0 Å². The SMILES string of the molecule is Cc1n[n+](=O)[c-]n[nH]1.[Y]. The van der Waals surface area contributed by atoms with E-state index in [-0.39, 0.29) is 37.3 Å². The van der Waals surface area contributed by atoms with Crippen molar-refractivity contribution in [1.29, 1.82) is 0 Å². The first-order valence-electron chi connectivity index (χ1n) is 2.03. The molecule has 0 bridgehead atoms. The Kier molecular flexibility index (Phi) is 3.73. The number of aromatic nitrogens is 4. The molecule has 0 spiro atoms. The van der Waals surface area contributed by atoms with Crippen LogP contribution in [0.4, 0.5) is 0 Å². The molecule has 1 aromatic rings. The minimum absolute atomic E-state index is 0. The molecule has 1 aromatic heterocycles. The van der Waals surface area contributed by atoms with Gasteiger partial charge in [-0.1, -0.05) is 14.5 Å². The molecule has 0 fully saturated rings. The van der Waals surface area contributed by atoms with Gasteiger partial charge in [-0.05, 0) is 0 Å². The van der Waals surface area contributed by atoms with Gasteiger partial charge in [-0.25, -0.2) is 5.10 Å². The maximum absolute atomic E-state index is 10.2. The molecule has 0 saturated heterocycles. The third-order valence-corrected chi connectivity index (χ3v) is 0.594. The van der Waals surface area contributed by atoms with Crippen LogP contribution in [0, 0.1) is 18.2 Å². The first kappa shape index (κ1) is 8.84. The molecule has 1 heterocycles. The van der Waals surface area contributed by atoms with Gasteiger partial charge in [-0.3, -0.25) is 0 Å². The molecule has 0 aliphatic carbocycles. The monoisotopic (exact) mass is 201 g/mol. The van der Waals surface area contributed by atoms with E-state index >= 15 is 0 Å². The largest absolute Gasteiger partial charge is 0.205 e. The Bertz CT molecular complexity index is 233. The Balaban J connectivity index is 0.000000640. The van der Waals surface area contributed by atoms with Crippen molar-refractivity contribution in [3.05, 3.63) is 17.1 Å². The average molecular weight is 201 g/mol. The number of rotatable bonds is 0. The van der Waals surface area contributed by atoms with E-state index in [4.69, 9.17) is 0 Å². The summed E-state index contributed by atoms with van der Waals surface area (Å²) in [7, 11) is 0. The van der Waals surface area contributed by atoms with Crippen LogP contribution in [0.3, 0.4) is 0 Å². The van der Waals surface area contributed by atoms with Crippen molar-refractivity contribution in [2.45, 2.75) is 6.92 Å². The molecule has 0 aromatic carbocycles. The number of hydrogen-bond donors (Lipinski definition) is 1. The van der Waals surface area contributed by atoms with E-state index in [9.17, 15) is 4.91 Å². The van der Waals surface area contributed by atoms with E-state index in [1.807, 2.05) is 6.33 Å². The fourth-order valence-electron chi connectivity index (χ4n) is 0.330. The van der Waals surface area contributed by atoms with Gasteiger partial charge in [-0.15, -0.1) is 0 Å². The summed E-state index contributed by atoms with van der Waals surface area (Å²) < 4.78 is 0.270. The van der Waals surface area contributed by atoms with Crippen LogP contribution in [0.25, 0.3) is 0 Å². The van der Waals surface area contributed by atoms with E-state index in [0.717, 1.165) is 0 Å². The van der Waals surface area contributed by atoms with Gasteiger partial charge in [0, 0.05) is 39.6 Å². The normalized spacial score (nSPS) is 8.11. The van der Waals surface area contributed by atoms with Crippen molar-refractivity contribution in [2.24, 2.45) is 0 Å². The molecule has 1 N–H and O–H groups in total. The Hall–Kier alpha value is -0.156. The van der Waals surface area contributed by atoms with Crippen LogP contribution < -0.4 is 4.54 Å². The van der Waals surface area contributed by atoms with Crippen LogP contribution >= 0.6 is 0 Å². The average Bonchev–Trinajstić information content (AvgIpc) is 1.64. The van der Waals surface area contributed by atoms with E-state index in [1.54, 1.807) is 6.92 Å². The standard InChI is InChI=1S/C3H4N4O.Y/c1-3-5-4-2-7(8)6-3;/h1H3,(H,5,6);. The van der Waals surface area contributed by atoms with Gasteiger partial charge in [-0.2, -0.15) is 5.10 Å². The van der Waals surface area contributed by atoms with Gasteiger partial charge in [0.25, 0.3) is 0 Å². The number of H-pyrrole nitrogens is 1. The van der Waals surface area contributed by atoms with Crippen molar-refractivity contribution < 1.29 is 37.3 Å². The predicted molar refractivity (Wildman–Crippen MR) is 23.3 cm³/mol. The fourth-order valence-corrected chi connectivity index (χ4v) is 0.330. The Labute approximate surface area is 76.4 Å². The summed E-state index contributed by atoms with van der Waals surface area (Å²) in [4.78, 5) is 10.2. The Morgan fingerprint density at radius 1 is 1.78 bits per heavy atom. The molecule has 45 valence electrons. The van der Waals surface area contributed by atoms with Gasteiger partial charge >= 0.3 is 0 Å². The third kappa shape index (κ3) is 2.76. The molecule has 9 heavy (non-hydrogen) atoms. The summed E-state index contributed by atoms with van der Waals surface area (Å²) in [6, 6.07) is 0. The molecule has 0 saturated carbocycles. The number of aryl methyl sites for hydroxylation is 1. The maximum Gasteiger partial charge on any atom is 0.181 e. The summed E-state index contributed by atoms with van der Waals surface area (Å²) in [5.74, 6) is 0.471. The summed E-state index contributed by atoms with van der Waals surface area (Å²) >= 11 is 0. The van der Waals surface area contributed by atoms with E-state index in [1.165, 1.54) is 0 Å². The number of hydrogen-bond acceptors (Lipinski definition) is 3.